The summed E-state index contributed by atoms with van der Waals surface area (Å²) in [6.45, 7) is 2.80. The largest absolute Gasteiger partial charge is 0.379 e. The van der Waals surface area contributed by atoms with Gasteiger partial charge in [0.25, 0.3) is 0 Å². The first kappa shape index (κ1) is 15.0. The second-order valence-corrected chi connectivity index (χ2v) is 5.80. The molecule has 0 atom stereocenters. The van der Waals surface area contributed by atoms with E-state index in [0.717, 1.165) is 28.0 Å². The summed E-state index contributed by atoms with van der Waals surface area (Å²) in [6, 6.07) is 11.8. The molecule has 0 bridgehead atoms. The van der Waals surface area contributed by atoms with Gasteiger partial charge in [-0.15, -0.1) is 0 Å². The van der Waals surface area contributed by atoms with E-state index < -0.39 is 0 Å². The molecule has 0 aliphatic heterocycles. The fourth-order valence-corrected chi connectivity index (χ4v) is 2.73. The van der Waals surface area contributed by atoms with Crippen molar-refractivity contribution in [1.82, 2.24) is 0 Å². The third-order valence-electron chi connectivity index (χ3n) is 3.21. The molecule has 0 fully saturated rings. The molecule has 2 rings (SSSR count). The van der Waals surface area contributed by atoms with Crippen molar-refractivity contribution in [3.8, 4) is 0 Å². The summed E-state index contributed by atoms with van der Waals surface area (Å²) in [5.41, 5.74) is 4.43. The Morgan fingerprint density at radius 3 is 2.50 bits per heavy atom. The van der Waals surface area contributed by atoms with Gasteiger partial charge in [-0.1, -0.05) is 35.3 Å². The Morgan fingerprint density at radius 1 is 1.10 bits per heavy atom. The van der Waals surface area contributed by atoms with E-state index in [0.29, 0.717) is 0 Å². The molecule has 0 amide bonds. The first-order valence-electron chi connectivity index (χ1n) is 6.44. The second-order valence-electron chi connectivity index (χ2n) is 4.95. The molecule has 2 aromatic carbocycles. The number of halogens is 2. The number of hydrogen-bond donors (Lipinski definition) is 1. The monoisotopic (exact) mass is 308 g/mol. The predicted molar refractivity (Wildman–Crippen MR) is 89.3 cm³/mol. The molecule has 0 aliphatic carbocycles. The van der Waals surface area contributed by atoms with E-state index in [2.05, 4.69) is 12.2 Å². The molecule has 2 nitrogen and oxygen atoms in total. The highest BCUT2D eigenvalue weighted by atomic mass is 35.5. The molecule has 0 saturated heterocycles. The minimum atomic E-state index is 0.740. The van der Waals surface area contributed by atoms with Gasteiger partial charge in [0.2, 0.25) is 0 Å². The van der Waals surface area contributed by atoms with Gasteiger partial charge in [0.15, 0.2) is 0 Å². The highest BCUT2D eigenvalue weighted by Crippen LogP contribution is 2.32. The first-order valence-corrected chi connectivity index (χ1v) is 7.19. The van der Waals surface area contributed by atoms with Crippen molar-refractivity contribution in [2.75, 3.05) is 24.3 Å². The third kappa shape index (κ3) is 3.38. The average Bonchev–Trinajstić information content (AvgIpc) is 2.37. The summed E-state index contributed by atoms with van der Waals surface area (Å²) < 4.78 is 0. The fourth-order valence-electron chi connectivity index (χ4n) is 2.16. The number of nitrogens with zero attached hydrogens (tertiary/aromatic N) is 1. The van der Waals surface area contributed by atoms with Gasteiger partial charge in [0.1, 0.15) is 0 Å². The molecule has 0 heterocycles. The molecule has 20 heavy (non-hydrogen) atoms. The lowest BCUT2D eigenvalue weighted by Crippen LogP contribution is -2.13. The van der Waals surface area contributed by atoms with Crippen molar-refractivity contribution in [2.45, 2.75) is 13.5 Å². The Balaban J connectivity index is 2.21. The van der Waals surface area contributed by atoms with E-state index in [4.69, 9.17) is 23.2 Å². The molecular formula is C16H18Cl2N2. The number of rotatable bonds is 4. The zero-order chi connectivity index (χ0) is 14.7. The van der Waals surface area contributed by atoms with E-state index in [1.807, 2.05) is 55.4 Å². The molecule has 2 aromatic rings. The molecule has 0 saturated carbocycles. The van der Waals surface area contributed by atoms with E-state index in [9.17, 15) is 0 Å². The number of benzene rings is 2. The fraction of sp³-hybridized carbons (Fsp3) is 0.250. The summed E-state index contributed by atoms with van der Waals surface area (Å²) in [5.74, 6) is 0. The van der Waals surface area contributed by atoms with Gasteiger partial charge >= 0.3 is 0 Å². The minimum Gasteiger partial charge on any atom is -0.379 e. The van der Waals surface area contributed by atoms with Crippen LogP contribution in [-0.4, -0.2) is 14.1 Å². The van der Waals surface area contributed by atoms with Crippen LogP contribution in [0.3, 0.4) is 0 Å². The van der Waals surface area contributed by atoms with Gasteiger partial charge in [-0.05, 0) is 42.3 Å². The van der Waals surface area contributed by atoms with Crippen molar-refractivity contribution < 1.29 is 0 Å². The van der Waals surface area contributed by atoms with Gasteiger partial charge in [0.05, 0.1) is 16.4 Å². The van der Waals surface area contributed by atoms with Gasteiger partial charge in [0, 0.05) is 25.7 Å². The van der Waals surface area contributed by atoms with Crippen LogP contribution >= 0.6 is 23.2 Å². The topological polar surface area (TPSA) is 15.3 Å². The Kier molecular flexibility index (Phi) is 4.79. The van der Waals surface area contributed by atoms with E-state index in [-0.39, 0.29) is 0 Å². The lowest BCUT2D eigenvalue weighted by Gasteiger charge is -2.20. The summed E-state index contributed by atoms with van der Waals surface area (Å²) in [7, 11) is 3.97. The van der Waals surface area contributed by atoms with Crippen molar-refractivity contribution >= 4 is 34.6 Å². The highest BCUT2D eigenvalue weighted by Gasteiger charge is 2.09. The van der Waals surface area contributed by atoms with Crippen LogP contribution in [0.4, 0.5) is 11.4 Å². The normalized spacial score (nSPS) is 10.4. The Labute approximate surface area is 130 Å². The average molecular weight is 309 g/mol. The van der Waals surface area contributed by atoms with Crippen LogP contribution in [0.15, 0.2) is 36.4 Å². The smallest absolute Gasteiger partial charge is 0.0786 e. The number of para-hydroxylation sites is 1. The van der Waals surface area contributed by atoms with Gasteiger partial charge in [-0.2, -0.15) is 0 Å². The molecule has 1 N–H and O–H groups in total. The van der Waals surface area contributed by atoms with Gasteiger partial charge in [-0.3, -0.25) is 0 Å². The summed E-state index contributed by atoms with van der Waals surface area (Å²) >= 11 is 12.2. The molecule has 4 heteroatoms. The summed E-state index contributed by atoms with van der Waals surface area (Å²) in [4.78, 5) is 2.01. The molecule has 0 spiro atoms. The van der Waals surface area contributed by atoms with Crippen LogP contribution in [-0.2, 0) is 6.54 Å². The van der Waals surface area contributed by atoms with Gasteiger partial charge in [-0.25, -0.2) is 0 Å². The molecule has 106 valence electrons. The molecule has 0 aliphatic rings. The number of hydrogen-bond acceptors (Lipinski definition) is 2. The van der Waals surface area contributed by atoms with Crippen LogP contribution in [0, 0.1) is 6.92 Å². The van der Waals surface area contributed by atoms with Crippen LogP contribution in [0.1, 0.15) is 11.1 Å². The lowest BCUT2D eigenvalue weighted by atomic mass is 10.1. The summed E-state index contributed by atoms with van der Waals surface area (Å²) in [5, 5.41) is 4.95. The van der Waals surface area contributed by atoms with Crippen molar-refractivity contribution in [1.29, 1.82) is 0 Å². The maximum Gasteiger partial charge on any atom is 0.0786 e. The van der Waals surface area contributed by atoms with E-state index in [1.54, 1.807) is 0 Å². The number of nitrogens with one attached hydrogen (secondary N) is 1. The molecule has 0 aromatic heterocycles. The Hall–Kier alpha value is -1.38. The number of anilines is 2. The molecular weight excluding hydrogens is 291 g/mol. The predicted octanol–water partition coefficient (Wildman–Crippen LogP) is 4.98. The minimum absolute atomic E-state index is 0.740. The SMILES string of the molecule is Cc1cc(Cl)ccc1CNc1cccc(Cl)c1N(C)C. The van der Waals surface area contributed by atoms with Crippen molar-refractivity contribution in [3.63, 3.8) is 0 Å². The molecule has 0 unspecified atom stereocenters. The van der Waals surface area contributed by atoms with Crippen molar-refractivity contribution in [2.24, 2.45) is 0 Å². The van der Waals surface area contributed by atoms with Crippen LogP contribution < -0.4 is 10.2 Å². The van der Waals surface area contributed by atoms with E-state index in [1.165, 1.54) is 11.1 Å². The van der Waals surface area contributed by atoms with Crippen LogP contribution in [0.5, 0.6) is 0 Å². The first-order chi connectivity index (χ1) is 9.49. The Bertz CT molecular complexity index is 609. The van der Waals surface area contributed by atoms with Crippen LogP contribution in [0.2, 0.25) is 10.0 Å². The Morgan fingerprint density at radius 2 is 1.85 bits per heavy atom. The van der Waals surface area contributed by atoms with E-state index >= 15 is 0 Å². The zero-order valence-corrected chi connectivity index (χ0v) is 13.4. The zero-order valence-electron chi connectivity index (χ0n) is 11.9. The maximum atomic E-state index is 6.26. The highest BCUT2D eigenvalue weighted by molar-refractivity contribution is 6.34. The summed E-state index contributed by atoms with van der Waals surface area (Å²) in [6.07, 6.45) is 0. The standard InChI is InChI=1S/C16H18Cl2N2/c1-11-9-13(17)8-7-12(11)10-19-15-6-4-5-14(18)16(15)20(2)3/h4-9,19H,10H2,1-3H3. The van der Waals surface area contributed by atoms with Crippen LogP contribution in [0.25, 0.3) is 0 Å². The second kappa shape index (κ2) is 6.38. The van der Waals surface area contributed by atoms with Gasteiger partial charge < -0.3 is 10.2 Å². The molecule has 0 radical (unpaired) electrons. The van der Waals surface area contributed by atoms with Crippen molar-refractivity contribution in [3.05, 3.63) is 57.6 Å². The lowest BCUT2D eigenvalue weighted by molar-refractivity contribution is 1.09. The quantitative estimate of drug-likeness (QED) is 0.857. The third-order valence-corrected chi connectivity index (χ3v) is 3.75. The number of aryl methyl sites for hydroxylation is 1. The maximum absolute atomic E-state index is 6.26.